The zero-order valence-corrected chi connectivity index (χ0v) is 23.8. The Hall–Kier alpha value is -3.43. The van der Waals surface area contributed by atoms with Crippen LogP contribution in [-0.2, 0) is 14.1 Å². The molecule has 0 bridgehead atoms. The van der Waals surface area contributed by atoms with Gasteiger partial charge in [-0.05, 0) is 43.7 Å². The zero-order chi connectivity index (χ0) is 27.8. The Bertz CT molecular complexity index is 1390. The van der Waals surface area contributed by atoms with Gasteiger partial charge < -0.3 is 30.0 Å². The van der Waals surface area contributed by atoms with E-state index in [0.29, 0.717) is 58.7 Å². The molecule has 2 aromatic carbocycles. The molecule has 12 heteroatoms. The van der Waals surface area contributed by atoms with Gasteiger partial charge in [-0.25, -0.2) is 4.98 Å². The van der Waals surface area contributed by atoms with Crippen molar-refractivity contribution in [1.29, 1.82) is 0 Å². The number of anilines is 5. The summed E-state index contributed by atoms with van der Waals surface area (Å²) >= 11 is 6.38. The first kappa shape index (κ1) is 28.6. The fourth-order valence-electron chi connectivity index (χ4n) is 3.97. The van der Waals surface area contributed by atoms with Crippen molar-refractivity contribution in [2.24, 2.45) is 0 Å². The van der Waals surface area contributed by atoms with Gasteiger partial charge in [-0.15, -0.1) is 0 Å². The van der Waals surface area contributed by atoms with Gasteiger partial charge in [0, 0.05) is 36.7 Å². The highest BCUT2D eigenvalue weighted by Gasteiger charge is 2.17. The number of rotatable bonds is 10. The highest BCUT2D eigenvalue weighted by atomic mass is 35.5. The Morgan fingerprint density at radius 1 is 1.15 bits per heavy atom. The van der Waals surface area contributed by atoms with E-state index in [2.05, 4.69) is 30.8 Å². The van der Waals surface area contributed by atoms with Crippen molar-refractivity contribution >= 4 is 58.8 Å². The summed E-state index contributed by atoms with van der Waals surface area (Å²) in [4.78, 5) is 23.5. The summed E-state index contributed by atoms with van der Waals surface area (Å²) < 4.78 is 23.6. The molecule has 0 spiro atoms. The van der Waals surface area contributed by atoms with Crippen LogP contribution in [0.25, 0.3) is 0 Å². The van der Waals surface area contributed by atoms with Crippen molar-refractivity contribution in [3.8, 4) is 5.75 Å². The number of hydrogen-bond donors (Lipinski definition) is 3. The number of halogens is 1. The number of amides is 1. The van der Waals surface area contributed by atoms with Gasteiger partial charge in [0.25, 0.3) is 0 Å². The van der Waals surface area contributed by atoms with Crippen LogP contribution in [0.4, 0.5) is 28.8 Å². The first-order chi connectivity index (χ1) is 18.7. The zero-order valence-electron chi connectivity index (χ0n) is 22.1. The molecular weight excluding hydrogens is 539 g/mol. The predicted octanol–water partition coefficient (Wildman–Crippen LogP) is 4.70. The third kappa shape index (κ3) is 8.03. The van der Waals surface area contributed by atoms with Gasteiger partial charge >= 0.3 is 0 Å². The largest absolute Gasteiger partial charge is 0.495 e. The molecule has 0 radical (unpaired) electrons. The molecule has 206 valence electrons. The molecule has 1 aliphatic rings. The first-order valence-corrected chi connectivity index (χ1v) is 15.4. The Morgan fingerprint density at radius 3 is 2.67 bits per heavy atom. The normalized spacial score (nSPS) is 14.3. The standard InChI is InChI=1S/C27H32ClN6O4P/c1-37-23-11-10-19(30-25(35)9-6-12-34-13-15-38-16-14-34)17-22(23)32-27-29-18-20(28)26(33-27)31-21-7-4-5-8-24(21)39(2,3)36/h4-11,17-18H,12-16H2,1-3H3,(H,30,35)(H2,29,31,32,33)/b9-6+. The lowest BCUT2D eigenvalue weighted by Gasteiger charge is -2.25. The Balaban J connectivity index is 1.48. The summed E-state index contributed by atoms with van der Waals surface area (Å²) in [5.41, 5.74) is 1.77. The molecule has 2 heterocycles. The second kappa shape index (κ2) is 13.1. The topological polar surface area (TPSA) is 118 Å². The monoisotopic (exact) mass is 570 g/mol. The fraction of sp³-hybridized carbons (Fsp3) is 0.296. The highest BCUT2D eigenvalue weighted by molar-refractivity contribution is 7.70. The van der Waals surface area contributed by atoms with E-state index in [0.717, 1.165) is 13.1 Å². The minimum absolute atomic E-state index is 0.239. The van der Waals surface area contributed by atoms with Gasteiger partial charge in [0.1, 0.15) is 17.9 Å². The molecule has 1 fully saturated rings. The van der Waals surface area contributed by atoms with Gasteiger partial charge in [-0.3, -0.25) is 9.69 Å². The number of hydrogen-bond acceptors (Lipinski definition) is 9. The van der Waals surface area contributed by atoms with E-state index in [-0.39, 0.29) is 11.9 Å². The molecule has 1 aromatic heterocycles. The number of carbonyl (C=O) groups excluding carboxylic acids is 1. The lowest BCUT2D eigenvalue weighted by molar-refractivity contribution is -0.111. The highest BCUT2D eigenvalue weighted by Crippen LogP contribution is 2.39. The second-order valence-electron chi connectivity index (χ2n) is 9.23. The summed E-state index contributed by atoms with van der Waals surface area (Å²) in [7, 11) is -0.996. The predicted molar refractivity (Wildman–Crippen MR) is 157 cm³/mol. The SMILES string of the molecule is COc1ccc(NC(=O)/C=C/CN2CCOCC2)cc1Nc1ncc(Cl)c(Nc2ccccc2P(C)(C)=O)n1. The second-order valence-corrected chi connectivity index (χ2v) is 12.8. The third-order valence-corrected chi connectivity index (χ3v) is 7.76. The Morgan fingerprint density at radius 2 is 1.92 bits per heavy atom. The summed E-state index contributed by atoms with van der Waals surface area (Å²) in [6.07, 6.45) is 4.83. The van der Waals surface area contributed by atoms with Gasteiger partial charge in [-0.2, -0.15) is 4.98 Å². The number of aromatic nitrogens is 2. The van der Waals surface area contributed by atoms with Crippen molar-refractivity contribution in [2.45, 2.75) is 0 Å². The van der Waals surface area contributed by atoms with Gasteiger partial charge in [0.2, 0.25) is 11.9 Å². The van der Waals surface area contributed by atoms with Gasteiger partial charge in [0.05, 0.1) is 37.9 Å². The molecule has 39 heavy (non-hydrogen) atoms. The fourth-order valence-corrected chi connectivity index (χ4v) is 5.27. The van der Waals surface area contributed by atoms with Crippen molar-refractivity contribution in [2.75, 3.05) is 69.2 Å². The van der Waals surface area contributed by atoms with Crippen LogP contribution in [0, 0.1) is 0 Å². The van der Waals surface area contributed by atoms with Crippen LogP contribution in [0.1, 0.15) is 0 Å². The van der Waals surface area contributed by atoms with Crippen molar-refractivity contribution in [3.05, 3.63) is 65.8 Å². The van der Waals surface area contributed by atoms with Crippen molar-refractivity contribution < 1.29 is 18.8 Å². The maximum Gasteiger partial charge on any atom is 0.248 e. The summed E-state index contributed by atoms with van der Waals surface area (Å²) in [6, 6.07) is 12.5. The van der Waals surface area contributed by atoms with Crippen LogP contribution in [0.5, 0.6) is 5.75 Å². The van der Waals surface area contributed by atoms with E-state index in [1.54, 1.807) is 38.6 Å². The number of carbonyl (C=O) groups is 1. The average molecular weight is 571 g/mol. The molecule has 1 saturated heterocycles. The van der Waals surface area contributed by atoms with Crippen LogP contribution < -0.4 is 26.0 Å². The van der Waals surface area contributed by atoms with E-state index in [1.807, 2.05) is 30.3 Å². The lowest BCUT2D eigenvalue weighted by atomic mass is 10.2. The van der Waals surface area contributed by atoms with Gasteiger partial charge in [-0.1, -0.05) is 29.8 Å². The molecule has 1 amide bonds. The number of morpholine rings is 1. The van der Waals surface area contributed by atoms with E-state index >= 15 is 0 Å². The van der Waals surface area contributed by atoms with E-state index in [9.17, 15) is 9.36 Å². The van der Waals surface area contributed by atoms with Crippen molar-refractivity contribution in [1.82, 2.24) is 14.9 Å². The maximum atomic E-state index is 12.8. The lowest BCUT2D eigenvalue weighted by Crippen LogP contribution is -2.36. The number of nitrogens with one attached hydrogen (secondary N) is 3. The maximum absolute atomic E-state index is 12.8. The van der Waals surface area contributed by atoms with E-state index in [1.165, 1.54) is 12.3 Å². The molecule has 4 rings (SSSR count). The third-order valence-electron chi connectivity index (χ3n) is 5.93. The van der Waals surface area contributed by atoms with Crippen LogP contribution in [0.2, 0.25) is 5.02 Å². The smallest absolute Gasteiger partial charge is 0.248 e. The van der Waals surface area contributed by atoms with E-state index < -0.39 is 7.14 Å². The molecular formula is C27H32ClN6O4P. The molecule has 0 saturated carbocycles. The number of methoxy groups -OCH3 is 1. The molecule has 0 atom stereocenters. The molecule has 3 N–H and O–H groups in total. The van der Waals surface area contributed by atoms with Crippen LogP contribution >= 0.6 is 18.7 Å². The minimum Gasteiger partial charge on any atom is -0.495 e. The molecule has 3 aromatic rings. The van der Waals surface area contributed by atoms with Crippen molar-refractivity contribution in [3.63, 3.8) is 0 Å². The number of para-hydroxylation sites is 1. The van der Waals surface area contributed by atoms with Gasteiger partial charge in [0.15, 0.2) is 5.82 Å². The summed E-state index contributed by atoms with van der Waals surface area (Å²) in [5.74, 6) is 0.898. The van der Waals surface area contributed by atoms with Crippen LogP contribution in [-0.4, -0.2) is 74.1 Å². The Kier molecular flexibility index (Phi) is 9.59. The van der Waals surface area contributed by atoms with Crippen LogP contribution in [0.3, 0.4) is 0 Å². The minimum atomic E-state index is -2.55. The Labute approximate surface area is 233 Å². The number of nitrogens with zero attached hydrogens (tertiary/aromatic N) is 3. The van der Waals surface area contributed by atoms with Crippen LogP contribution in [0.15, 0.2) is 60.8 Å². The summed E-state index contributed by atoms with van der Waals surface area (Å²) in [5, 5.41) is 10.2. The number of ether oxygens (including phenoxy) is 2. The molecule has 1 aliphatic heterocycles. The average Bonchev–Trinajstić information content (AvgIpc) is 2.91. The molecule has 0 aliphatic carbocycles. The summed E-state index contributed by atoms with van der Waals surface area (Å²) in [6.45, 7) is 7.24. The molecule has 0 unspecified atom stereocenters. The van der Waals surface area contributed by atoms with E-state index in [4.69, 9.17) is 21.1 Å². The molecule has 10 nitrogen and oxygen atoms in total. The quantitative estimate of drug-likeness (QED) is 0.235. The first-order valence-electron chi connectivity index (χ1n) is 12.4. The number of benzene rings is 2.